The predicted octanol–water partition coefficient (Wildman–Crippen LogP) is 10.2. The summed E-state index contributed by atoms with van der Waals surface area (Å²) in [5, 5.41) is 50.2. The highest BCUT2D eigenvalue weighted by Crippen LogP contribution is 2.47. The fraction of sp³-hybridized carbons (Fsp3) is 0.917. The van der Waals surface area contributed by atoms with Crippen molar-refractivity contribution in [2.45, 2.75) is 268 Å². The van der Waals surface area contributed by atoms with Crippen LogP contribution in [0.1, 0.15) is 226 Å². The number of unbranched alkanes of at least 4 members (excludes halogenated alkanes) is 28. The van der Waals surface area contributed by atoms with E-state index >= 15 is 0 Å². The third kappa shape index (κ3) is 30.7. The van der Waals surface area contributed by atoms with E-state index in [9.17, 15) is 44.6 Å². The molecule has 1 aliphatic rings. The fourth-order valence-electron chi connectivity index (χ4n) is 7.81. The molecule has 0 spiro atoms. The molecule has 366 valence electrons. The van der Waals surface area contributed by atoms with Crippen molar-refractivity contribution in [1.29, 1.82) is 0 Å². The van der Waals surface area contributed by atoms with Crippen LogP contribution in [0.4, 0.5) is 0 Å². The molecule has 14 heteroatoms. The number of rotatable bonds is 42. The van der Waals surface area contributed by atoms with Crippen molar-refractivity contribution in [3.63, 3.8) is 0 Å². The molecule has 0 heterocycles. The molecule has 8 atom stereocenters. The first-order chi connectivity index (χ1) is 29.9. The average molecular weight is 907 g/mol. The second kappa shape index (κ2) is 38.8. The number of ether oxygens (including phenoxy) is 2. The third-order valence-corrected chi connectivity index (χ3v) is 12.8. The molecular formula is C48H91O13P. The molecule has 0 saturated heterocycles. The Balaban J connectivity index is 2.41. The topological polar surface area (TPSA) is 210 Å². The van der Waals surface area contributed by atoms with Crippen LogP contribution in [-0.4, -0.2) is 98.3 Å². The minimum atomic E-state index is -5.12. The van der Waals surface area contributed by atoms with Crippen LogP contribution in [-0.2, 0) is 32.7 Å². The summed E-state index contributed by atoms with van der Waals surface area (Å²) in [4.78, 5) is 35.8. The summed E-state index contributed by atoms with van der Waals surface area (Å²) in [5.74, 6) is -1.10. The van der Waals surface area contributed by atoms with E-state index < -0.39 is 75.7 Å². The minimum Gasteiger partial charge on any atom is -0.462 e. The van der Waals surface area contributed by atoms with Gasteiger partial charge in [-0.15, -0.1) is 0 Å². The average Bonchev–Trinajstić information content (AvgIpc) is 3.25. The molecule has 6 N–H and O–H groups in total. The zero-order chi connectivity index (χ0) is 45.7. The second-order valence-corrected chi connectivity index (χ2v) is 19.1. The van der Waals surface area contributed by atoms with Crippen molar-refractivity contribution in [3.8, 4) is 0 Å². The Bertz CT molecular complexity index is 1140. The number of hydrogen-bond acceptors (Lipinski definition) is 12. The number of phosphoric ester groups is 1. The lowest BCUT2D eigenvalue weighted by atomic mass is 9.85. The molecule has 1 aliphatic carbocycles. The van der Waals surface area contributed by atoms with Crippen LogP contribution in [0.5, 0.6) is 0 Å². The molecule has 0 amide bonds. The molecule has 0 aromatic carbocycles. The minimum absolute atomic E-state index is 0.0998. The van der Waals surface area contributed by atoms with Crippen molar-refractivity contribution >= 4 is 19.8 Å². The molecule has 0 aromatic rings. The monoisotopic (exact) mass is 907 g/mol. The van der Waals surface area contributed by atoms with E-state index in [1.165, 1.54) is 141 Å². The smallest absolute Gasteiger partial charge is 0.462 e. The predicted molar refractivity (Wildman–Crippen MR) is 244 cm³/mol. The Labute approximate surface area is 375 Å². The summed E-state index contributed by atoms with van der Waals surface area (Å²) in [6.45, 7) is 3.32. The van der Waals surface area contributed by atoms with Gasteiger partial charge in [0.2, 0.25) is 0 Å². The molecule has 0 aromatic heterocycles. The Morgan fingerprint density at radius 2 is 0.823 bits per heavy atom. The Morgan fingerprint density at radius 3 is 1.24 bits per heavy atom. The van der Waals surface area contributed by atoms with Gasteiger partial charge in [0.15, 0.2) is 6.10 Å². The summed E-state index contributed by atoms with van der Waals surface area (Å²) >= 11 is 0. The van der Waals surface area contributed by atoms with Crippen molar-refractivity contribution in [1.82, 2.24) is 0 Å². The van der Waals surface area contributed by atoms with Crippen molar-refractivity contribution in [2.75, 3.05) is 13.2 Å². The van der Waals surface area contributed by atoms with Crippen LogP contribution in [0, 0.1) is 0 Å². The lowest BCUT2D eigenvalue weighted by molar-refractivity contribution is -0.220. The van der Waals surface area contributed by atoms with E-state index in [2.05, 4.69) is 26.0 Å². The second-order valence-electron chi connectivity index (χ2n) is 17.7. The van der Waals surface area contributed by atoms with Crippen LogP contribution in [0.2, 0.25) is 0 Å². The number of phosphoric acid groups is 1. The van der Waals surface area contributed by atoms with Crippen LogP contribution < -0.4 is 0 Å². The van der Waals surface area contributed by atoms with Gasteiger partial charge in [0.1, 0.15) is 43.2 Å². The van der Waals surface area contributed by atoms with Crippen LogP contribution in [0.25, 0.3) is 0 Å². The summed E-state index contributed by atoms with van der Waals surface area (Å²) in [7, 11) is -5.12. The van der Waals surface area contributed by atoms with Crippen molar-refractivity contribution in [3.05, 3.63) is 12.2 Å². The van der Waals surface area contributed by atoms with E-state index in [0.29, 0.717) is 12.8 Å². The standard InChI is InChI=1S/C48H91O13P/c1-3-5-7-9-11-13-15-17-19-20-21-23-25-27-29-31-33-35-37-42(50)60-40(39-59-62(56,57)61-48-46(54)44(52)43(51)45(53)47(48)55)38-58-41(49)36-34-32-30-28-26-24-22-18-16-14-12-10-8-6-4-2/h24,26,40,43-48,51-55H,3-23,25,27-39H2,1-2H3,(H,56,57)/b26-24+/t40-,43?,44+,45?,46?,47?,48?/m1/s1. The Kier molecular flexibility index (Phi) is 36.7. The zero-order valence-corrected chi connectivity index (χ0v) is 39.8. The maximum Gasteiger partial charge on any atom is 0.472 e. The number of hydrogen-bond donors (Lipinski definition) is 6. The normalized spacial score (nSPS) is 21.9. The zero-order valence-electron chi connectivity index (χ0n) is 38.9. The molecule has 13 nitrogen and oxygen atoms in total. The van der Waals surface area contributed by atoms with E-state index in [1.54, 1.807) is 0 Å². The lowest BCUT2D eigenvalue weighted by Crippen LogP contribution is -2.64. The molecule has 6 unspecified atom stereocenters. The van der Waals surface area contributed by atoms with Gasteiger partial charge in [0.05, 0.1) is 6.61 Å². The fourth-order valence-corrected chi connectivity index (χ4v) is 8.79. The highest BCUT2D eigenvalue weighted by molar-refractivity contribution is 7.47. The number of esters is 2. The SMILES string of the molecule is CCCCCCCCCC/C=C/CCCCCC(=O)OC[C@H](COP(=O)(O)OC1C(O)C(O)C(O)[C@H](O)C1O)OC(=O)CCCCCCCCCCCCCCCCCCCC. The summed E-state index contributed by atoms with van der Waals surface area (Å²) in [6.07, 6.45) is 28.3. The van der Waals surface area contributed by atoms with E-state index in [1.807, 2.05) is 0 Å². The van der Waals surface area contributed by atoms with Gasteiger partial charge in [-0.3, -0.25) is 18.6 Å². The molecule has 0 aliphatic heterocycles. The van der Waals surface area contributed by atoms with Crippen LogP contribution in [0.15, 0.2) is 12.2 Å². The van der Waals surface area contributed by atoms with Gasteiger partial charge in [0, 0.05) is 12.8 Å². The molecule has 0 bridgehead atoms. The lowest BCUT2D eigenvalue weighted by Gasteiger charge is -2.41. The molecule has 0 radical (unpaired) electrons. The van der Waals surface area contributed by atoms with Crippen molar-refractivity contribution in [2.24, 2.45) is 0 Å². The number of allylic oxidation sites excluding steroid dienone is 2. The number of aliphatic hydroxyl groups excluding tert-OH is 5. The molecular weight excluding hydrogens is 815 g/mol. The highest BCUT2D eigenvalue weighted by Gasteiger charge is 2.51. The molecule has 62 heavy (non-hydrogen) atoms. The maximum absolute atomic E-state index is 12.8. The van der Waals surface area contributed by atoms with Gasteiger partial charge in [-0.1, -0.05) is 187 Å². The first-order valence-corrected chi connectivity index (χ1v) is 26.5. The molecule has 1 saturated carbocycles. The van der Waals surface area contributed by atoms with E-state index in [4.69, 9.17) is 18.5 Å². The van der Waals surface area contributed by atoms with Crippen molar-refractivity contribution < 1.29 is 63.1 Å². The first-order valence-electron chi connectivity index (χ1n) is 25.0. The van der Waals surface area contributed by atoms with Gasteiger partial charge >= 0.3 is 19.8 Å². The van der Waals surface area contributed by atoms with Gasteiger partial charge in [-0.25, -0.2) is 4.57 Å². The maximum atomic E-state index is 12.8. The van der Waals surface area contributed by atoms with E-state index in [0.717, 1.165) is 44.9 Å². The summed E-state index contributed by atoms with van der Waals surface area (Å²) in [6, 6.07) is 0. The van der Waals surface area contributed by atoms with Gasteiger partial charge in [-0.05, 0) is 38.5 Å². The largest absolute Gasteiger partial charge is 0.472 e. The highest BCUT2D eigenvalue weighted by atomic mass is 31.2. The van der Waals surface area contributed by atoms with E-state index in [-0.39, 0.29) is 12.8 Å². The summed E-state index contributed by atoms with van der Waals surface area (Å²) in [5.41, 5.74) is 0. The van der Waals surface area contributed by atoms with Gasteiger partial charge in [-0.2, -0.15) is 0 Å². The molecule has 1 fully saturated rings. The number of aliphatic hydroxyl groups is 5. The number of carbonyl (C=O) groups is 2. The first kappa shape index (κ1) is 58.6. The van der Waals surface area contributed by atoms with Gasteiger partial charge < -0.3 is 39.9 Å². The summed E-state index contributed by atoms with van der Waals surface area (Å²) < 4.78 is 33.6. The van der Waals surface area contributed by atoms with Crippen LogP contribution in [0.3, 0.4) is 0 Å². The number of carbonyl (C=O) groups excluding carboxylic acids is 2. The Hall–Kier alpha value is -1.41. The van der Waals surface area contributed by atoms with Gasteiger partial charge in [0.25, 0.3) is 0 Å². The quantitative estimate of drug-likeness (QED) is 0.0146. The third-order valence-electron chi connectivity index (χ3n) is 11.9. The Morgan fingerprint density at radius 1 is 0.484 bits per heavy atom. The van der Waals surface area contributed by atoms with Crippen LogP contribution >= 0.6 is 7.82 Å². The molecule has 1 rings (SSSR count).